The molecule has 1 unspecified atom stereocenters. The van der Waals surface area contributed by atoms with Gasteiger partial charge in [0.05, 0.1) is 18.7 Å². The van der Waals surface area contributed by atoms with Crippen LogP contribution in [0, 0.1) is 12.7 Å². The quantitative estimate of drug-likeness (QED) is 0.772. The van der Waals surface area contributed by atoms with E-state index in [1.165, 1.54) is 4.90 Å². The van der Waals surface area contributed by atoms with E-state index in [1.54, 1.807) is 6.92 Å². The van der Waals surface area contributed by atoms with Crippen LogP contribution >= 0.6 is 0 Å². The van der Waals surface area contributed by atoms with Gasteiger partial charge >= 0.3 is 6.18 Å². The van der Waals surface area contributed by atoms with Crippen molar-refractivity contribution in [1.82, 2.24) is 15.0 Å². The molecule has 1 aliphatic rings. The number of halogens is 4. The van der Waals surface area contributed by atoms with Gasteiger partial charge < -0.3 is 14.2 Å². The first kappa shape index (κ1) is 17.3. The van der Waals surface area contributed by atoms with E-state index in [0.29, 0.717) is 18.0 Å². The molecule has 1 fully saturated rings. The topological polar surface area (TPSA) is 68.5 Å². The highest BCUT2D eigenvalue weighted by molar-refractivity contribution is 5.94. The van der Waals surface area contributed by atoms with Gasteiger partial charge in [0.25, 0.3) is 5.91 Å². The number of aromatic nitrogens is 2. The predicted molar refractivity (Wildman–Crippen MR) is 75.0 cm³/mol. The van der Waals surface area contributed by atoms with Gasteiger partial charge in [0.2, 0.25) is 11.7 Å². The molecule has 2 aromatic rings. The minimum absolute atomic E-state index is 0.0521. The Bertz CT molecular complexity index is 791. The highest BCUT2D eigenvalue weighted by atomic mass is 19.4. The summed E-state index contributed by atoms with van der Waals surface area (Å²) in [4.78, 5) is 17.8. The van der Waals surface area contributed by atoms with Crippen molar-refractivity contribution in [2.45, 2.75) is 19.2 Å². The van der Waals surface area contributed by atoms with E-state index in [-0.39, 0.29) is 31.1 Å². The smallest absolute Gasteiger partial charge is 0.366 e. The number of nitrogens with zero attached hydrogens (tertiary/aromatic N) is 3. The zero-order valence-corrected chi connectivity index (χ0v) is 13.0. The van der Waals surface area contributed by atoms with Crippen molar-refractivity contribution in [3.63, 3.8) is 0 Å². The van der Waals surface area contributed by atoms with E-state index < -0.39 is 29.6 Å². The SMILES string of the molecule is Cc1nc(C2CN(C(=O)c3ccc(F)c(C(F)(F)F)c3)CCO2)no1. The number of morpholine rings is 1. The van der Waals surface area contributed by atoms with Gasteiger partial charge in [-0.1, -0.05) is 5.16 Å². The third-order valence-corrected chi connectivity index (χ3v) is 3.70. The number of amides is 1. The minimum Gasteiger partial charge on any atom is -0.366 e. The average molecular weight is 359 g/mol. The summed E-state index contributed by atoms with van der Waals surface area (Å²) in [7, 11) is 0. The van der Waals surface area contributed by atoms with Crippen LogP contribution in [0.25, 0.3) is 0 Å². The molecule has 0 N–H and O–H groups in total. The largest absolute Gasteiger partial charge is 0.419 e. The summed E-state index contributed by atoms with van der Waals surface area (Å²) in [5.41, 5.74) is -1.73. The van der Waals surface area contributed by atoms with Gasteiger partial charge in [0.1, 0.15) is 11.9 Å². The minimum atomic E-state index is -4.88. The second kappa shape index (κ2) is 6.43. The highest BCUT2D eigenvalue weighted by Gasteiger charge is 2.36. The number of hydrogen-bond donors (Lipinski definition) is 0. The summed E-state index contributed by atoms with van der Waals surface area (Å²) < 4.78 is 62.1. The number of alkyl halides is 3. The van der Waals surface area contributed by atoms with Gasteiger partial charge in [0, 0.05) is 19.0 Å². The van der Waals surface area contributed by atoms with Crippen LogP contribution < -0.4 is 0 Å². The van der Waals surface area contributed by atoms with Gasteiger partial charge in [-0.05, 0) is 18.2 Å². The summed E-state index contributed by atoms with van der Waals surface area (Å²) in [5.74, 6) is -1.49. The molecule has 6 nitrogen and oxygen atoms in total. The van der Waals surface area contributed by atoms with Crippen LogP contribution in [0.5, 0.6) is 0 Å². The lowest BCUT2D eigenvalue weighted by molar-refractivity contribution is -0.140. The van der Waals surface area contributed by atoms with Crippen molar-refractivity contribution in [2.75, 3.05) is 19.7 Å². The summed E-state index contributed by atoms with van der Waals surface area (Å²) in [6, 6.07) is 2.17. The lowest BCUT2D eigenvalue weighted by atomic mass is 10.1. The number of ether oxygens (including phenoxy) is 1. The Kier molecular flexibility index (Phi) is 4.46. The normalized spacial score (nSPS) is 18.4. The molecule has 1 atom stereocenters. The fraction of sp³-hybridized carbons (Fsp3) is 0.400. The molecule has 134 valence electrons. The maximum absolute atomic E-state index is 13.4. The molecule has 1 amide bonds. The fourth-order valence-corrected chi connectivity index (χ4v) is 2.49. The van der Waals surface area contributed by atoms with Crippen LogP contribution in [0.2, 0.25) is 0 Å². The molecule has 0 spiro atoms. The monoisotopic (exact) mass is 359 g/mol. The van der Waals surface area contributed by atoms with Crippen LogP contribution in [0.3, 0.4) is 0 Å². The Hall–Kier alpha value is -2.49. The molecule has 10 heteroatoms. The zero-order chi connectivity index (χ0) is 18.2. The van der Waals surface area contributed by atoms with E-state index in [9.17, 15) is 22.4 Å². The van der Waals surface area contributed by atoms with Crippen LogP contribution in [0.15, 0.2) is 22.7 Å². The molecular weight excluding hydrogens is 346 g/mol. The molecule has 1 aromatic carbocycles. The second-order valence-electron chi connectivity index (χ2n) is 5.47. The maximum Gasteiger partial charge on any atom is 0.419 e. The average Bonchev–Trinajstić information content (AvgIpc) is 3.00. The third kappa shape index (κ3) is 3.63. The number of aryl methyl sites for hydroxylation is 1. The number of rotatable bonds is 2. The molecular formula is C15H13F4N3O3. The molecule has 0 saturated carbocycles. The van der Waals surface area contributed by atoms with Crippen molar-refractivity contribution in [3.05, 3.63) is 46.9 Å². The molecule has 0 bridgehead atoms. The third-order valence-electron chi connectivity index (χ3n) is 3.70. The highest BCUT2D eigenvalue weighted by Crippen LogP contribution is 2.32. The second-order valence-corrected chi connectivity index (χ2v) is 5.47. The van der Waals surface area contributed by atoms with Crippen LogP contribution in [-0.4, -0.2) is 40.6 Å². The number of benzene rings is 1. The number of carbonyl (C=O) groups is 1. The van der Waals surface area contributed by atoms with Crippen LogP contribution in [-0.2, 0) is 10.9 Å². The summed E-state index contributed by atoms with van der Waals surface area (Å²) in [6.45, 7) is 2.00. The van der Waals surface area contributed by atoms with E-state index in [1.807, 2.05) is 0 Å². The lowest BCUT2D eigenvalue weighted by Gasteiger charge is -2.31. The van der Waals surface area contributed by atoms with Gasteiger partial charge in [-0.2, -0.15) is 18.2 Å². The van der Waals surface area contributed by atoms with Crippen LogP contribution in [0.1, 0.15) is 33.7 Å². The molecule has 1 aliphatic heterocycles. The molecule has 1 aromatic heterocycles. The van der Waals surface area contributed by atoms with Gasteiger partial charge in [-0.3, -0.25) is 4.79 Å². The van der Waals surface area contributed by atoms with Crippen molar-refractivity contribution in [3.8, 4) is 0 Å². The molecule has 1 saturated heterocycles. The zero-order valence-electron chi connectivity index (χ0n) is 13.0. The molecule has 0 aliphatic carbocycles. The molecule has 0 radical (unpaired) electrons. The van der Waals surface area contributed by atoms with Crippen molar-refractivity contribution in [1.29, 1.82) is 0 Å². The van der Waals surface area contributed by atoms with E-state index in [2.05, 4.69) is 10.1 Å². The Labute approximate surface area is 139 Å². The summed E-state index contributed by atoms with van der Waals surface area (Å²) in [6.07, 6.45) is -5.52. The summed E-state index contributed by atoms with van der Waals surface area (Å²) in [5, 5.41) is 3.72. The van der Waals surface area contributed by atoms with Crippen molar-refractivity contribution < 1.29 is 31.6 Å². The standard InChI is InChI=1S/C15H13F4N3O3/c1-8-20-13(21-25-8)12-7-22(4-5-24-12)14(23)9-2-3-11(16)10(6-9)15(17,18)19/h2-3,6,12H,4-5,7H2,1H3. The van der Waals surface area contributed by atoms with Crippen molar-refractivity contribution in [2.24, 2.45) is 0 Å². The van der Waals surface area contributed by atoms with Crippen LogP contribution in [0.4, 0.5) is 17.6 Å². The maximum atomic E-state index is 13.4. The molecule has 3 rings (SSSR count). The van der Waals surface area contributed by atoms with Gasteiger partial charge in [0.15, 0.2) is 0 Å². The number of hydrogen-bond acceptors (Lipinski definition) is 5. The van der Waals surface area contributed by atoms with Gasteiger partial charge in [-0.25, -0.2) is 4.39 Å². The first-order valence-electron chi connectivity index (χ1n) is 7.33. The Morgan fingerprint density at radius 3 is 2.76 bits per heavy atom. The first-order chi connectivity index (χ1) is 11.8. The van der Waals surface area contributed by atoms with E-state index >= 15 is 0 Å². The Balaban J connectivity index is 1.81. The van der Waals surface area contributed by atoms with Gasteiger partial charge in [-0.15, -0.1) is 0 Å². The Morgan fingerprint density at radius 1 is 1.36 bits per heavy atom. The van der Waals surface area contributed by atoms with E-state index in [4.69, 9.17) is 9.26 Å². The van der Waals surface area contributed by atoms with E-state index in [0.717, 1.165) is 6.07 Å². The number of carbonyl (C=O) groups excluding carboxylic acids is 1. The summed E-state index contributed by atoms with van der Waals surface area (Å²) >= 11 is 0. The fourth-order valence-electron chi connectivity index (χ4n) is 2.49. The van der Waals surface area contributed by atoms with Crippen molar-refractivity contribution >= 4 is 5.91 Å². The first-order valence-corrected chi connectivity index (χ1v) is 7.33. The molecule has 25 heavy (non-hydrogen) atoms. The lowest BCUT2D eigenvalue weighted by Crippen LogP contribution is -2.42. The Morgan fingerprint density at radius 2 is 2.12 bits per heavy atom. The molecule has 2 heterocycles. The predicted octanol–water partition coefficient (Wildman–Crippen LogP) is 2.75.